The Labute approximate surface area is 194 Å². The van der Waals surface area contributed by atoms with Crippen LogP contribution in [0, 0.1) is 0 Å². The second kappa shape index (κ2) is 9.77. The van der Waals surface area contributed by atoms with E-state index in [9.17, 15) is 9.90 Å². The monoisotopic (exact) mass is 461 g/mol. The summed E-state index contributed by atoms with van der Waals surface area (Å²) < 4.78 is 7.05. The quantitative estimate of drug-likeness (QED) is 0.391. The van der Waals surface area contributed by atoms with Gasteiger partial charge in [-0.2, -0.15) is 0 Å². The minimum Gasteiger partial charge on any atom is -0.394 e. The van der Waals surface area contributed by atoms with Crippen LogP contribution in [0.4, 0.5) is 22.0 Å². The Morgan fingerprint density at radius 3 is 2.41 bits per heavy atom. The molecule has 0 spiro atoms. The predicted octanol–water partition coefficient (Wildman–Crippen LogP) is 1.76. The highest BCUT2D eigenvalue weighted by molar-refractivity contribution is 5.99. The Morgan fingerprint density at radius 2 is 1.71 bits per heavy atom. The fourth-order valence-corrected chi connectivity index (χ4v) is 3.64. The standard InChI is InChI=1S/C22H23N9O3/c32-12-9-31-21-18(28-29-31)20(30-10-13-34-14-11-30)26-19(27-21)15-1-3-16(4-2-15)24-22(33)25-17-5-7-23-8-6-17/h1-8,32H,9-14H2,(H2,23,24,25,33). The maximum absolute atomic E-state index is 12.3. The lowest BCUT2D eigenvalue weighted by Crippen LogP contribution is -2.37. The first-order chi connectivity index (χ1) is 16.7. The van der Waals surface area contributed by atoms with Crippen molar-refractivity contribution in [3.05, 3.63) is 48.8 Å². The van der Waals surface area contributed by atoms with Crippen molar-refractivity contribution in [3.63, 3.8) is 0 Å². The molecule has 174 valence electrons. The summed E-state index contributed by atoms with van der Waals surface area (Å²) in [6.45, 7) is 2.79. The number of urea groups is 1. The number of hydrogen-bond acceptors (Lipinski definition) is 9. The molecule has 5 rings (SSSR count). The summed E-state index contributed by atoms with van der Waals surface area (Å²) in [5, 5.41) is 23.4. The van der Waals surface area contributed by atoms with E-state index >= 15 is 0 Å². The maximum atomic E-state index is 12.3. The predicted molar refractivity (Wildman–Crippen MR) is 126 cm³/mol. The highest BCUT2D eigenvalue weighted by Crippen LogP contribution is 2.27. The third-order valence-electron chi connectivity index (χ3n) is 5.31. The summed E-state index contributed by atoms with van der Waals surface area (Å²) in [4.78, 5) is 27.8. The van der Waals surface area contributed by atoms with E-state index in [2.05, 4.69) is 35.8 Å². The smallest absolute Gasteiger partial charge is 0.323 e. The summed E-state index contributed by atoms with van der Waals surface area (Å²) in [6.07, 6.45) is 3.21. The molecule has 0 atom stereocenters. The van der Waals surface area contributed by atoms with Gasteiger partial charge in [0, 0.05) is 42.4 Å². The van der Waals surface area contributed by atoms with Gasteiger partial charge in [-0.3, -0.25) is 4.98 Å². The molecule has 2 amide bonds. The number of aliphatic hydroxyl groups excluding tert-OH is 1. The number of carbonyl (C=O) groups is 1. The Hall–Kier alpha value is -4.16. The number of nitrogens with one attached hydrogen (secondary N) is 2. The molecule has 1 aromatic carbocycles. The number of amides is 2. The fraction of sp³-hybridized carbons (Fsp3) is 0.273. The van der Waals surface area contributed by atoms with Gasteiger partial charge in [-0.15, -0.1) is 5.10 Å². The Balaban J connectivity index is 1.41. The van der Waals surface area contributed by atoms with Crippen LogP contribution in [0.1, 0.15) is 0 Å². The molecule has 34 heavy (non-hydrogen) atoms. The molecule has 4 heterocycles. The first-order valence-electron chi connectivity index (χ1n) is 10.8. The molecule has 0 radical (unpaired) electrons. The third-order valence-corrected chi connectivity index (χ3v) is 5.31. The number of aliphatic hydroxyl groups is 1. The van der Waals surface area contributed by atoms with Crippen molar-refractivity contribution < 1.29 is 14.6 Å². The lowest BCUT2D eigenvalue weighted by Gasteiger charge is -2.28. The number of fused-ring (bicyclic) bond motifs is 1. The van der Waals surface area contributed by atoms with Gasteiger partial charge in [0.2, 0.25) is 0 Å². The van der Waals surface area contributed by atoms with Crippen LogP contribution in [-0.2, 0) is 11.3 Å². The second-order valence-electron chi connectivity index (χ2n) is 7.57. The number of aromatic nitrogens is 6. The van der Waals surface area contributed by atoms with Crippen LogP contribution >= 0.6 is 0 Å². The molecule has 3 aromatic heterocycles. The number of rotatable bonds is 6. The van der Waals surface area contributed by atoms with E-state index in [1.54, 1.807) is 41.3 Å². The van der Waals surface area contributed by atoms with E-state index in [1.165, 1.54) is 0 Å². The minimum atomic E-state index is -0.356. The molecular formula is C22H23N9O3. The molecule has 1 aliphatic heterocycles. The van der Waals surface area contributed by atoms with Gasteiger partial charge in [0.1, 0.15) is 0 Å². The van der Waals surface area contributed by atoms with Gasteiger partial charge in [-0.25, -0.2) is 19.4 Å². The average Bonchev–Trinajstić information content (AvgIpc) is 3.28. The van der Waals surface area contributed by atoms with Crippen molar-refractivity contribution in [2.24, 2.45) is 0 Å². The van der Waals surface area contributed by atoms with Crippen LogP contribution in [0.25, 0.3) is 22.6 Å². The Bertz CT molecular complexity index is 1270. The summed E-state index contributed by atoms with van der Waals surface area (Å²) in [5.74, 6) is 1.19. The lowest BCUT2D eigenvalue weighted by molar-refractivity contribution is 0.122. The topological polar surface area (TPSA) is 143 Å². The van der Waals surface area contributed by atoms with Crippen LogP contribution in [0.2, 0.25) is 0 Å². The number of anilines is 3. The highest BCUT2D eigenvalue weighted by Gasteiger charge is 2.22. The summed E-state index contributed by atoms with van der Waals surface area (Å²) in [5.41, 5.74) is 3.18. The van der Waals surface area contributed by atoms with Gasteiger partial charge >= 0.3 is 6.03 Å². The maximum Gasteiger partial charge on any atom is 0.323 e. The molecule has 1 aliphatic rings. The number of carbonyl (C=O) groups excluding carboxylic acids is 1. The lowest BCUT2D eigenvalue weighted by atomic mass is 10.2. The minimum absolute atomic E-state index is 0.0768. The zero-order valence-corrected chi connectivity index (χ0v) is 18.3. The number of pyridine rings is 1. The van der Waals surface area contributed by atoms with E-state index in [4.69, 9.17) is 9.72 Å². The third kappa shape index (κ3) is 4.63. The van der Waals surface area contributed by atoms with E-state index in [1.807, 2.05) is 12.1 Å². The molecule has 0 bridgehead atoms. The largest absolute Gasteiger partial charge is 0.394 e. The van der Waals surface area contributed by atoms with Crippen molar-refractivity contribution >= 4 is 34.4 Å². The molecule has 1 fully saturated rings. The van der Waals surface area contributed by atoms with Crippen LogP contribution in [0.15, 0.2) is 48.8 Å². The summed E-state index contributed by atoms with van der Waals surface area (Å²) >= 11 is 0. The van der Waals surface area contributed by atoms with Crippen LogP contribution in [0.3, 0.4) is 0 Å². The summed E-state index contributed by atoms with van der Waals surface area (Å²) in [6, 6.07) is 10.3. The molecule has 0 unspecified atom stereocenters. The second-order valence-corrected chi connectivity index (χ2v) is 7.57. The number of ether oxygens (including phenoxy) is 1. The first-order valence-corrected chi connectivity index (χ1v) is 10.8. The Kier molecular flexibility index (Phi) is 6.23. The van der Waals surface area contributed by atoms with Crippen LogP contribution < -0.4 is 15.5 Å². The van der Waals surface area contributed by atoms with Gasteiger partial charge < -0.3 is 25.4 Å². The van der Waals surface area contributed by atoms with E-state index in [0.29, 0.717) is 60.5 Å². The average molecular weight is 461 g/mol. The van der Waals surface area contributed by atoms with Crippen molar-refractivity contribution in [2.75, 3.05) is 48.4 Å². The van der Waals surface area contributed by atoms with Gasteiger partial charge in [0.25, 0.3) is 0 Å². The van der Waals surface area contributed by atoms with Gasteiger partial charge in [0.05, 0.1) is 26.4 Å². The van der Waals surface area contributed by atoms with Gasteiger partial charge in [-0.05, 0) is 36.4 Å². The number of benzene rings is 1. The zero-order valence-electron chi connectivity index (χ0n) is 18.3. The molecule has 0 saturated carbocycles. The molecular weight excluding hydrogens is 438 g/mol. The highest BCUT2D eigenvalue weighted by atomic mass is 16.5. The SMILES string of the molecule is O=C(Nc1ccncc1)Nc1ccc(-c2nc(N3CCOCC3)c3nnn(CCO)c3n2)cc1. The van der Waals surface area contributed by atoms with Gasteiger partial charge in [-0.1, -0.05) is 5.21 Å². The van der Waals surface area contributed by atoms with E-state index < -0.39 is 0 Å². The van der Waals surface area contributed by atoms with Crippen molar-refractivity contribution in [3.8, 4) is 11.4 Å². The van der Waals surface area contributed by atoms with E-state index in [-0.39, 0.29) is 19.2 Å². The molecule has 1 saturated heterocycles. The Morgan fingerprint density at radius 1 is 1.00 bits per heavy atom. The van der Waals surface area contributed by atoms with Gasteiger partial charge in [0.15, 0.2) is 22.8 Å². The number of nitrogens with zero attached hydrogens (tertiary/aromatic N) is 7. The molecule has 4 aromatic rings. The first kappa shape index (κ1) is 21.7. The van der Waals surface area contributed by atoms with Crippen LogP contribution in [0.5, 0.6) is 0 Å². The molecule has 3 N–H and O–H groups in total. The van der Waals surface area contributed by atoms with Crippen molar-refractivity contribution in [1.29, 1.82) is 0 Å². The van der Waals surface area contributed by atoms with Crippen molar-refractivity contribution in [1.82, 2.24) is 29.9 Å². The normalized spacial score (nSPS) is 13.7. The molecule has 12 heteroatoms. The molecule has 0 aliphatic carbocycles. The molecule has 12 nitrogen and oxygen atoms in total. The fourth-order valence-electron chi connectivity index (χ4n) is 3.64. The number of morpholine rings is 1. The zero-order chi connectivity index (χ0) is 23.3. The number of hydrogen-bond donors (Lipinski definition) is 3. The van der Waals surface area contributed by atoms with Crippen LogP contribution in [-0.4, -0.2) is 74.0 Å². The van der Waals surface area contributed by atoms with E-state index in [0.717, 1.165) is 5.56 Å². The summed E-state index contributed by atoms with van der Waals surface area (Å²) in [7, 11) is 0. The van der Waals surface area contributed by atoms with Crippen molar-refractivity contribution in [2.45, 2.75) is 6.54 Å².